The summed E-state index contributed by atoms with van der Waals surface area (Å²) in [4.78, 5) is 23.2. The van der Waals surface area contributed by atoms with Crippen LogP contribution in [0.15, 0.2) is 36.4 Å². The van der Waals surface area contributed by atoms with Gasteiger partial charge in [-0.3, -0.25) is 9.59 Å². The van der Waals surface area contributed by atoms with Gasteiger partial charge in [0, 0.05) is 30.3 Å². The summed E-state index contributed by atoms with van der Waals surface area (Å²) in [6.07, 6.45) is -0.143. The van der Waals surface area contributed by atoms with Crippen LogP contribution in [0.25, 0.3) is 0 Å². The summed E-state index contributed by atoms with van der Waals surface area (Å²) in [6.45, 7) is 1.33. The topological polar surface area (TPSA) is 72.2 Å². The number of nitrogen functional groups attached to an aromatic ring is 1. The summed E-state index contributed by atoms with van der Waals surface area (Å²) in [6, 6.07) is 8.74. The second kappa shape index (κ2) is 6.58. The standard InChI is InChI=1S/C16H14ClFN2O2/c1-9(21)20-12-4-2-10(15(18)8-12)6-16(22)13-7-11(19)3-5-14(13)17/h2-5,7-8H,6,19H2,1H3,(H,20,21). The van der Waals surface area contributed by atoms with Crippen molar-refractivity contribution in [2.24, 2.45) is 0 Å². The average Bonchev–Trinajstić information content (AvgIpc) is 2.43. The molecule has 2 aromatic rings. The first kappa shape index (κ1) is 16.0. The molecular weight excluding hydrogens is 307 g/mol. The summed E-state index contributed by atoms with van der Waals surface area (Å²) in [5.74, 6) is -1.20. The number of ketones is 1. The Kier molecular flexibility index (Phi) is 4.78. The van der Waals surface area contributed by atoms with Crippen LogP contribution >= 0.6 is 11.6 Å². The Balaban J connectivity index is 2.21. The highest BCUT2D eigenvalue weighted by Gasteiger charge is 2.14. The first-order valence-electron chi connectivity index (χ1n) is 6.51. The minimum absolute atomic E-state index is 0.143. The Hall–Kier alpha value is -2.40. The molecule has 6 heteroatoms. The number of Topliss-reactive ketones (excluding diaryl/α,β-unsaturated/α-hetero) is 1. The highest BCUT2D eigenvalue weighted by molar-refractivity contribution is 6.34. The maximum absolute atomic E-state index is 14.0. The first-order chi connectivity index (χ1) is 10.4. The van der Waals surface area contributed by atoms with E-state index in [1.807, 2.05) is 0 Å². The van der Waals surface area contributed by atoms with Gasteiger partial charge >= 0.3 is 0 Å². The van der Waals surface area contributed by atoms with E-state index in [4.69, 9.17) is 17.3 Å². The number of carbonyl (C=O) groups excluding carboxylic acids is 2. The van der Waals surface area contributed by atoms with Gasteiger partial charge in [0.05, 0.1) is 5.02 Å². The summed E-state index contributed by atoms with van der Waals surface area (Å²) in [7, 11) is 0. The van der Waals surface area contributed by atoms with Crippen LogP contribution in [0.1, 0.15) is 22.8 Å². The molecule has 0 heterocycles. The Morgan fingerprint density at radius 1 is 1.23 bits per heavy atom. The fourth-order valence-electron chi connectivity index (χ4n) is 2.00. The van der Waals surface area contributed by atoms with Gasteiger partial charge in [-0.15, -0.1) is 0 Å². The molecule has 0 radical (unpaired) electrons. The SMILES string of the molecule is CC(=O)Nc1ccc(CC(=O)c2cc(N)ccc2Cl)c(F)c1. The molecular formula is C16H14ClFN2O2. The number of halogens is 2. The van der Waals surface area contributed by atoms with E-state index in [1.54, 1.807) is 6.07 Å². The van der Waals surface area contributed by atoms with Gasteiger partial charge in [0.15, 0.2) is 5.78 Å². The van der Waals surface area contributed by atoms with Gasteiger partial charge in [0.1, 0.15) is 5.82 Å². The Morgan fingerprint density at radius 2 is 1.95 bits per heavy atom. The molecule has 0 aliphatic rings. The van der Waals surface area contributed by atoms with Crippen LogP contribution in [0.5, 0.6) is 0 Å². The highest BCUT2D eigenvalue weighted by atomic mass is 35.5. The van der Waals surface area contributed by atoms with Crippen LogP contribution < -0.4 is 11.1 Å². The molecule has 4 nitrogen and oxygen atoms in total. The van der Waals surface area contributed by atoms with Crippen molar-refractivity contribution in [3.05, 3.63) is 58.4 Å². The lowest BCUT2D eigenvalue weighted by molar-refractivity contribution is -0.114. The fraction of sp³-hybridized carbons (Fsp3) is 0.125. The van der Waals surface area contributed by atoms with E-state index in [9.17, 15) is 14.0 Å². The molecule has 0 aliphatic carbocycles. The maximum atomic E-state index is 14.0. The summed E-state index contributed by atoms with van der Waals surface area (Å²) < 4.78 is 14.0. The molecule has 0 aromatic heterocycles. The van der Waals surface area contributed by atoms with E-state index in [1.165, 1.54) is 37.3 Å². The van der Waals surface area contributed by atoms with Gasteiger partial charge < -0.3 is 11.1 Å². The monoisotopic (exact) mass is 320 g/mol. The molecule has 0 saturated heterocycles. The summed E-state index contributed by atoms with van der Waals surface area (Å²) in [5, 5.41) is 2.75. The van der Waals surface area contributed by atoms with Crippen molar-refractivity contribution >= 4 is 34.7 Å². The minimum Gasteiger partial charge on any atom is -0.399 e. The molecule has 0 atom stereocenters. The van der Waals surface area contributed by atoms with Crippen molar-refractivity contribution in [3.63, 3.8) is 0 Å². The number of rotatable bonds is 4. The fourth-order valence-corrected chi connectivity index (χ4v) is 2.22. The Labute approximate surface area is 132 Å². The van der Waals surface area contributed by atoms with Crippen LogP contribution in [0.4, 0.5) is 15.8 Å². The lowest BCUT2D eigenvalue weighted by Gasteiger charge is -2.08. The number of anilines is 2. The largest absolute Gasteiger partial charge is 0.399 e. The second-order valence-electron chi connectivity index (χ2n) is 4.83. The third-order valence-electron chi connectivity index (χ3n) is 3.02. The van der Waals surface area contributed by atoms with Gasteiger partial charge in [0.2, 0.25) is 5.91 Å². The highest BCUT2D eigenvalue weighted by Crippen LogP contribution is 2.22. The molecule has 0 spiro atoms. The van der Waals surface area contributed by atoms with Gasteiger partial charge in [-0.25, -0.2) is 4.39 Å². The number of hydrogen-bond acceptors (Lipinski definition) is 3. The van der Waals surface area contributed by atoms with E-state index in [0.717, 1.165) is 0 Å². The number of amides is 1. The smallest absolute Gasteiger partial charge is 0.221 e. The lowest BCUT2D eigenvalue weighted by atomic mass is 10.0. The molecule has 2 rings (SSSR count). The van der Waals surface area contributed by atoms with Crippen molar-refractivity contribution in [2.45, 2.75) is 13.3 Å². The van der Waals surface area contributed by atoms with Crippen molar-refractivity contribution < 1.29 is 14.0 Å². The third-order valence-corrected chi connectivity index (χ3v) is 3.34. The van der Waals surface area contributed by atoms with Gasteiger partial charge in [0.25, 0.3) is 0 Å². The number of benzene rings is 2. The predicted octanol–water partition coefficient (Wildman–Crippen LogP) is 3.45. The number of nitrogens with one attached hydrogen (secondary N) is 1. The van der Waals surface area contributed by atoms with Gasteiger partial charge in [-0.1, -0.05) is 17.7 Å². The lowest BCUT2D eigenvalue weighted by Crippen LogP contribution is -2.09. The van der Waals surface area contributed by atoms with E-state index < -0.39 is 5.82 Å². The number of nitrogens with two attached hydrogens (primary N) is 1. The van der Waals surface area contributed by atoms with E-state index in [-0.39, 0.29) is 34.3 Å². The van der Waals surface area contributed by atoms with Crippen LogP contribution in [-0.2, 0) is 11.2 Å². The Morgan fingerprint density at radius 3 is 2.59 bits per heavy atom. The zero-order chi connectivity index (χ0) is 16.3. The zero-order valence-corrected chi connectivity index (χ0v) is 12.6. The van der Waals surface area contributed by atoms with E-state index in [0.29, 0.717) is 11.4 Å². The quantitative estimate of drug-likeness (QED) is 0.669. The molecule has 3 N–H and O–H groups in total. The predicted molar refractivity (Wildman–Crippen MR) is 84.6 cm³/mol. The van der Waals surface area contributed by atoms with Crippen molar-refractivity contribution in [1.29, 1.82) is 0 Å². The zero-order valence-electron chi connectivity index (χ0n) is 11.8. The molecule has 0 aliphatic heterocycles. The van der Waals surface area contributed by atoms with Crippen molar-refractivity contribution in [1.82, 2.24) is 0 Å². The van der Waals surface area contributed by atoms with Crippen molar-refractivity contribution in [2.75, 3.05) is 11.1 Å². The summed E-state index contributed by atoms with van der Waals surface area (Å²) in [5.41, 5.74) is 6.85. The molecule has 2 aromatic carbocycles. The van der Waals surface area contributed by atoms with Crippen LogP contribution in [-0.4, -0.2) is 11.7 Å². The second-order valence-corrected chi connectivity index (χ2v) is 5.23. The first-order valence-corrected chi connectivity index (χ1v) is 6.89. The average molecular weight is 321 g/mol. The molecule has 0 saturated carbocycles. The molecule has 0 unspecified atom stereocenters. The molecule has 0 fully saturated rings. The van der Waals surface area contributed by atoms with Crippen LogP contribution in [0, 0.1) is 5.82 Å². The third kappa shape index (κ3) is 3.83. The van der Waals surface area contributed by atoms with E-state index >= 15 is 0 Å². The number of carbonyl (C=O) groups is 2. The van der Waals surface area contributed by atoms with Crippen LogP contribution in [0.2, 0.25) is 5.02 Å². The normalized spacial score (nSPS) is 10.3. The van der Waals surface area contributed by atoms with Crippen molar-refractivity contribution in [3.8, 4) is 0 Å². The minimum atomic E-state index is -0.570. The van der Waals surface area contributed by atoms with E-state index in [2.05, 4.69) is 5.32 Å². The molecule has 1 amide bonds. The Bertz CT molecular complexity index is 747. The van der Waals surface area contributed by atoms with Gasteiger partial charge in [-0.05, 0) is 35.9 Å². The van der Waals surface area contributed by atoms with Crippen LogP contribution in [0.3, 0.4) is 0 Å². The number of hydrogen-bond donors (Lipinski definition) is 2. The van der Waals surface area contributed by atoms with Gasteiger partial charge in [-0.2, -0.15) is 0 Å². The summed E-state index contributed by atoms with van der Waals surface area (Å²) >= 11 is 5.96. The molecule has 0 bridgehead atoms. The maximum Gasteiger partial charge on any atom is 0.221 e. The molecule has 22 heavy (non-hydrogen) atoms. The molecule has 114 valence electrons.